The Morgan fingerprint density at radius 1 is 1.09 bits per heavy atom. The molecular weight excluding hydrogens is 208 g/mol. The van der Waals surface area contributed by atoms with Crippen LogP contribution in [0.5, 0.6) is 0 Å². The molecule has 0 aromatic heterocycles. The molecule has 0 atom stereocenters. The highest BCUT2D eigenvalue weighted by molar-refractivity contribution is 9.10. The van der Waals surface area contributed by atoms with E-state index in [2.05, 4.69) is 36.7 Å². The van der Waals surface area contributed by atoms with Crippen LogP contribution in [-0.4, -0.2) is 18.9 Å². The van der Waals surface area contributed by atoms with Crippen molar-refractivity contribution in [1.82, 2.24) is 0 Å². The molecule has 0 bridgehead atoms. The molecular formula is C8H17BrO2. The van der Waals surface area contributed by atoms with Gasteiger partial charge in [-0.2, -0.15) is 0 Å². The zero-order valence-electron chi connectivity index (χ0n) is 7.90. The molecule has 0 spiro atoms. The molecule has 0 heterocycles. The molecule has 0 unspecified atom stereocenters. The van der Waals surface area contributed by atoms with Gasteiger partial charge in [-0.1, -0.05) is 20.8 Å². The van der Waals surface area contributed by atoms with Crippen LogP contribution in [0.3, 0.4) is 0 Å². The summed E-state index contributed by atoms with van der Waals surface area (Å²) in [4.78, 5) is 0. The molecule has 0 radical (unpaired) electrons. The van der Waals surface area contributed by atoms with Crippen molar-refractivity contribution in [1.29, 1.82) is 0 Å². The van der Waals surface area contributed by atoms with Gasteiger partial charge in [0.1, 0.15) is 0 Å². The van der Waals surface area contributed by atoms with Gasteiger partial charge in [-0.25, -0.2) is 0 Å². The van der Waals surface area contributed by atoms with Gasteiger partial charge in [0, 0.05) is 20.6 Å². The topological polar surface area (TPSA) is 18.5 Å². The predicted molar refractivity (Wildman–Crippen MR) is 49.7 cm³/mol. The molecule has 0 N–H and O–H groups in total. The van der Waals surface area contributed by atoms with Crippen LogP contribution in [0.4, 0.5) is 0 Å². The molecule has 3 heteroatoms. The number of ether oxygens (including phenoxy) is 2. The van der Waals surface area contributed by atoms with E-state index in [1.165, 1.54) is 0 Å². The third kappa shape index (κ3) is 4.77. The fourth-order valence-electron chi connectivity index (χ4n) is 0.861. The highest BCUT2D eigenvalue weighted by Crippen LogP contribution is 2.34. The van der Waals surface area contributed by atoms with E-state index in [1.54, 1.807) is 14.2 Å². The van der Waals surface area contributed by atoms with E-state index >= 15 is 0 Å². The second-order valence-corrected chi connectivity index (χ2v) is 5.01. The number of halogens is 1. The standard InChI is InChI=1S/C8H17BrO2/c1-7(2,3)6-8(9,10-4)11-5/h6H2,1-5H3. The van der Waals surface area contributed by atoms with Gasteiger partial charge in [-0.15, -0.1) is 0 Å². The zero-order chi connectivity index (χ0) is 9.12. The second-order valence-electron chi connectivity index (χ2n) is 3.81. The van der Waals surface area contributed by atoms with Crippen LogP contribution < -0.4 is 0 Å². The van der Waals surface area contributed by atoms with Crippen LogP contribution in [0.15, 0.2) is 0 Å². The lowest BCUT2D eigenvalue weighted by molar-refractivity contribution is -0.145. The van der Waals surface area contributed by atoms with E-state index in [0.717, 1.165) is 6.42 Å². The normalized spacial score (nSPS) is 13.6. The maximum atomic E-state index is 5.16. The maximum absolute atomic E-state index is 5.16. The average molecular weight is 225 g/mol. The Hall–Kier alpha value is 0.400. The Morgan fingerprint density at radius 3 is 1.55 bits per heavy atom. The minimum Gasteiger partial charge on any atom is -0.344 e. The summed E-state index contributed by atoms with van der Waals surface area (Å²) in [7, 11) is 3.26. The van der Waals surface area contributed by atoms with Gasteiger partial charge in [0.15, 0.2) is 0 Å². The van der Waals surface area contributed by atoms with Crippen molar-refractivity contribution in [3.63, 3.8) is 0 Å². The smallest absolute Gasteiger partial charge is 0.226 e. The molecule has 0 fully saturated rings. The summed E-state index contributed by atoms with van der Waals surface area (Å²) in [5.74, 6) is 0. The number of hydrogen-bond acceptors (Lipinski definition) is 2. The molecule has 0 aliphatic rings. The Morgan fingerprint density at radius 2 is 1.45 bits per heavy atom. The quantitative estimate of drug-likeness (QED) is 0.543. The van der Waals surface area contributed by atoms with Crippen LogP contribution in [-0.2, 0) is 9.47 Å². The largest absolute Gasteiger partial charge is 0.344 e. The predicted octanol–water partition coefficient (Wildman–Crippen LogP) is 2.76. The lowest BCUT2D eigenvalue weighted by atomic mass is 9.92. The van der Waals surface area contributed by atoms with Gasteiger partial charge in [-0.3, -0.25) is 0 Å². The van der Waals surface area contributed by atoms with Gasteiger partial charge < -0.3 is 9.47 Å². The lowest BCUT2D eigenvalue weighted by Gasteiger charge is -2.31. The van der Waals surface area contributed by atoms with E-state index in [9.17, 15) is 0 Å². The Balaban J connectivity index is 4.08. The Bertz CT molecular complexity index is 114. The average Bonchev–Trinajstić information content (AvgIpc) is 1.84. The third-order valence-corrected chi connectivity index (χ3v) is 2.28. The molecule has 0 aromatic rings. The van der Waals surface area contributed by atoms with Crippen molar-refractivity contribution in [2.24, 2.45) is 5.41 Å². The number of alkyl halides is 1. The van der Waals surface area contributed by atoms with Crippen molar-refractivity contribution in [3.05, 3.63) is 0 Å². The summed E-state index contributed by atoms with van der Waals surface area (Å²) in [5.41, 5.74) is 0.190. The van der Waals surface area contributed by atoms with Crippen molar-refractivity contribution < 1.29 is 9.47 Å². The second kappa shape index (κ2) is 3.87. The summed E-state index contributed by atoms with van der Waals surface area (Å²) < 4.78 is 9.70. The van der Waals surface area contributed by atoms with Crippen molar-refractivity contribution in [2.45, 2.75) is 31.9 Å². The maximum Gasteiger partial charge on any atom is 0.226 e. The minimum atomic E-state index is -0.620. The monoisotopic (exact) mass is 224 g/mol. The molecule has 0 saturated carbocycles. The van der Waals surface area contributed by atoms with Crippen LogP contribution in [0.25, 0.3) is 0 Å². The van der Waals surface area contributed by atoms with Gasteiger partial charge >= 0.3 is 0 Å². The zero-order valence-corrected chi connectivity index (χ0v) is 9.49. The van der Waals surface area contributed by atoms with Crippen molar-refractivity contribution in [2.75, 3.05) is 14.2 Å². The Labute approximate surface area is 77.4 Å². The van der Waals surface area contributed by atoms with E-state index < -0.39 is 4.70 Å². The molecule has 0 aliphatic carbocycles. The molecule has 0 aromatic carbocycles. The number of methoxy groups -OCH3 is 2. The summed E-state index contributed by atoms with van der Waals surface area (Å²) in [6.07, 6.45) is 0.812. The van der Waals surface area contributed by atoms with Crippen molar-refractivity contribution >= 4 is 15.9 Å². The van der Waals surface area contributed by atoms with Crippen LogP contribution in [0, 0.1) is 5.41 Å². The van der Waals surface area contributed by atoms with E-state index in [4.69, 9.17) is 9.47 Å². The van der Waals surface area contributed by atoms with Gasteiger partial charge in [-0.05, 0) is 21.3 Å². The first-order valence-electron chi connectivity index (χ1n) is 3.62. The summed E-state index contributed by atoms with van der Waals surface area (Å²) in [5, 5.41) is 0. The molecule has 2 nitrogen and oxygen atoms in total. The van der Waals surface area contributed by atoms with E-state index in [0.29, 0.717) is 0 Å². The van der Waals surface area contributed by atoms with Gasteiger partial charge in [0.2, 0.25) is 4.70 Å². The molecule has 0 aliphatic heterocycles. The molecule has 68 valence electrons. The van der Waals surface area contributed by atoms with E-state index in [-0.39, 0.29) is 5.41 Å². The number of rotatable bonds is 3. The summed E-state index contributed by atoms with van der Waals surface area (Å²) in [6, 6.07) is 0. The van der Waals surface area contributed by atoms with Crippen LogP contribution in [0.1, 0.15) is 27.2 Å². The Kier molecular flexibility index (Phi) is 4.02. The number of hydrogen-bond donors (Lipinski definition) is 0. The molecule has 11 heavy (non-hydrogen) atoms. The summed E-state index contributed by atoms with van der Waals surface area (Å²) >= 11 is 3.37. The highest BCUT2D eigenvalue weighted by atomic mass is 79.9. The van der Waals surface area contributed by atoms with E-state index in [1.807, 2.05) is 0 Å². The summed E-state index contributed by atoms with van der Waals surface area (Å²) in [6.45, 7) is 6.42. The van der Waals surface area contributed by atoms with Crippen LogP contribution >= 0.6 is 15.9 Å². The first kappa shape index (κ1) is 11.4. The lowest BCUT2D eigenvalue weighted by Crippen LogP contribution is -2.31. The van der Waals surface area contributed by atoms with Crippen LogP contribution in [0.2, 0.25) is 0 Å². The van der Waals surface area contributed by atoms with Gasteiger partial charge in [0.05, 0.1) is 0 Å². The highest BCUT2D eigenvalue weighted by Gasteiger charge is 2.31. The SMILES string of the molecule is COC(Br)(CC(C)(C)C)OC. The molecule has 0 saturated heterocycles. The molecule has 0 rings (SSSR count). The first-order chi connectivity index (χ1) is 4.83. The minimum absolute atomic E-state index is 0.190. The third-order valence-electron chi connectivity index (χ3n) is 1.35. The van der Waals surface area contributed by atoms with Gasteiger partial charge in [0.25, 0.3) is 0 Å². The molecule has 0 amide bonds. The fraction of sp³-hybridized carbons (Fsp3) is 1.00. The fourth-order valence-corrected chi connectivity index (χ4v) is 1.70. The van der Waals surface area contributed by atoms with Crippen molar-refractivity contribution in [3.8, 4) is 0 Å². The first-order valence-corrected chi connectivity index (χ1v) is 4.41.